The molecule has 1 aromatic carbocycles. The van der Waals surface area contributed by atoms with Crippen molar-refractivity contribution in [2.75, 3.05) is 6.54 Å². The highest BCUT2D eigenvalue weighted by Crippen LogP contribution is 2.23. The summed E-state index contributed by atoms with van der Waals surface area (Å²) in [6.45, 7) is 3.26. The van der Waals surface area contributed by atoms with Crippen molar-refractivity contribution in [3.63, 3.8) is 0 Å². The van der Waals surface area contributed by atoms with E-state index in [1.165, 1.54) is 23.2 Å². The summed E-state index contributed by atoms with van der Waals surface area (Å²) in [5.41, 5.74) is 3.73. The lowest BCUT2D eigenvalue weighted by Crippen LogP contribution is -2.29. The minimum atomic E-state index is 0.0313. The van der Waals surface area contributed by atoms with E-state index in [1.54, 1.807) is 4.68 Å². The molecule has 1 atom stereocenters. The molecule has 1 heterocycles. The fraction of sp³-hybridized carbons (Fsp3) is 0.444. The molecule has 0 spiro atoms. The van der Waals surface area contributed by atoms with E-state index < -0.39 is 0 Å². The van der Waals surface area contributed by atoms with E-state index in [9.17, 15) is 4.79 Å². The zero-order valence-electron chi connectivity index (χ0n) is 13.1. The highest BCUT2D eigenvalue weighted by atomic mass is 16.2. The smallest absolute Gasteiger partial charge is 0.241 e. The van der Waals surface area contributed by atoms with Crippen molar-refractivity contribution in [1.29, 1.82) is 0 Å². The van der Waals surface area contributed by atoms with Crippen molar-refractivity contribution >= 4 is 5.91 Å². The van der Waals surface area contributed by atoms with Gasteiger partial charge in [-0.1, -0.05) is 37.3 Å². The molecule has 1 unspecified atom stereocenters. The second-order valence-corrected chi connectivity index (χ2v) is 6.23. The molecular weight excluding hydrogens is 274 g/mol. The van der Waals surface area contributed by atoms with Crippen molar-refractivity contribution in [3.05, 3.63) is 53.3 Å². The molecule has 4 nitrogen and oxygen atoms in total. The van der Waals surface area contributed by atoms with Gasteiger partial charge in [-0.15, -0.1) is 0 Å². The molecule has 3 rings (SSSR count). The number of aromatic nitrogens is 2. The van der Waals surface area contributed by atoms with Crippen LogP contribution in [0, 0.1) is 5.92 Å². The third-order valence-corrected chi connectivity index (χ3v) is 4.25. The molecule has 0 bridgehead atoms. The second kappa shape index (κ2) is 6.77. The number of carbonyl (C=O) groups is 1. The predicted octanol–water partition coefficient (Wildman–Crippen LogP) is 2.37. The normalized spacial score (nSPS) is 17.0. The Morgan fingerprint density at radius 1 is 1.36 bits per heavy atom. The molecule has 0 aliphatic heterocycles. The van der Waals surface area contributed by atoms with Crippen molar-refractivity contribution < 1.29 is 4.79 Å². The molecule has 4 heteroatoms. The third-order valence-electron chi connectivity index (χ3n) is 4.25. The quantitative estimate of drug-likeness (QED) is 0.921. The molecule has 1 aliphatic rings. The lowest BCUT2D eigenvalue weighted by Gasteiger charge is -2.15. The van der Waals surface area contributed by atoms with Crippen LogP contribution in [-0.2, 0) is 30.6 Å². The Kier molecular flexibility index (Phi) is 4.56. The van der Waals surface area contributed by atoms with Crippen LogP contribution in [0.15, 0.2) is 36.5 Å². The molecular formula is C18H23N3O. The number of aryl methyl sites for hydroxylation is 1. The van der Waals surface area contributed by atoms with Gasteiger partial charge in [-0.2, -0.15) is 5.10 Å². The van der Waals surface area contributed by atoms with E-state index >= 15 is 0 Å². The van der Waals surface area contributed by atoms with E-state index in [2.05, 4.69) is 29.5 Å². The van der Waals surface area contributed by atoms with E-state index in [1.807, 2.05) is 24.4 Å². The molecule has 116 valence electrons. The van der Waals surface area contributed by atoms with E-state index in [0.29, 0.717) is 13.1 Å². The fourth-order valence-electron chi connectivity index (χ4n) is 3.02. The number of nitrogens with zero attached hydrogens (tertiary/aromatic N) is 2. The summed E-state index contributed by atoms with van der Waals surface area (Å²) >= 11 is 0. The molecule has 0 saturated carbocycles. The molecule has 0 radical (unpaired) electrons. The molecule has 0 saturated heterocycles. The summed E-state index contributed by atoms with van der Waals surface area (Å²) in [4.78, 5) is 12.0. The van der Waals surface area contributed by atoms with Gasteiger partial charge in [0.1, 0.15) is 6.54 Å². The first-order chi connectivity index (χ1) is 10.7. The Morgan fingerprint density at radius 3 is 3.00 bits per heavy atom. The van der Waals surface area contributed by atoms with Crippen molar-refractivity contribution in [2.45, 2.75) is 39.2 Å². The van der Waals surface area contributed by atoms with Gasteiger partial charge in [0.25, 0.3) is 0 Å². The highest BCUT2D eigenvalue weighted by Gasteiger charge is 2.18. The Hall–Kier alpha value is -2.10. The molecule has 1 amide bonds. The van der Waals surface area contributed by atoms with Gasteiger partial charge in [0.15, 0.2) is 0 Å². The number of fused-ring (bicyclic) bond motifs is 1. The molecule has 2 aromatic rings. The number of amides is 1. The minimum absolute atomic E-state index is 0.0313. The van der Waals surface area contributed by atoms with Crippen LogP contribution in [0.2, 0.25) is 0 Å². The summed E-state index contributed by atoms with van der Waals surface area (Å²) < 4.78 is 1.79. The van der Waals surface area contributed by atoms with E-state index in [0.717, 1.165) is 25.2 Å². The van der Waals surface area contributed by atoms with E-state index in [-0.39, 0.29) is 5.91 Å². The SMILES string of the molecule is CC1CCc2nn(CC(=O)NCCc3ccccc3)cc2C1. The fourth-order valence-corrected chi connectivity index (χ4v) is 3.02. The highest BCUT2D eigenvalue weighted by molar-refractivity contribution is 5.75. The standard InChI is InChI=1S/C18H23N3O/c1-14-7-8-17-16(11-14)12-21(20-17)13-18(22)19-10-9-15-5-3-2-4-6-15/h2-6,12,14H,7-11,13H2,1H3,(H,19,22). The largest absolute Gasteiger partial charge is 0.354 e. The van der Waals surface area contributed by atoms with Gasteiger partial charge in [-0.3, -0.25) is 9.48 Å². The van der Waals surface area contributed by atoms with Gasteiger partial charge in [0, 0.05) is 12.7 Å². The summed E-state index contributed by atoms with van der Waals surface area (Å²) in [6, 6.07) is 10.2. The summed E-state index contributed by atoms with van der Waals surface area (Å²) in [5, 5.41) is 7.52. The zero-order chi connectivity index (χ0) is 15.4. The van der Waals surface area contributed by atoms with Crippen LogP contribution in [0.1, 0.15) is 30.2 Å². The first-order valence-corrected chi connectivity index (χ1v) is 8.06. The maximum Gasteiger partial charge on any atom is 0.241 e. The molecule has 1 aromatic heterocycles. The lowest BCUT2D eigenvalue weighted by atomic mass is 9.89. The van der Waals surface area contributed by atoms with Gasteiger partial charge in [-0.25, -0.2) is 0 Å². The zero-order valence-corrected chi connectivity index (χ0v) is 13.1. The van der Waals surface area contributed by atoms with Crippen LogP contribution in [0.5, 0.6) is 0 Å². The minimum Gasteiger partial charge on any atom is -0.354 e. The van der Waals surface area contributed by atoms with Gasteiger partial charge in [0.05, 0.1) is 5.69 Å². The first kappa shape index (κ1) is 14.8. The number of hydrogen-bond donors (Lipinski definition) is 1. The number of nitrogens with one attached hydrogen (secondary N) is 1. The maximum atomic E-state index is 12.0. The monoisotopic (exact) mass is 297 g/mol. The van der Waals surface area contributed by atoms with Crippen LogP contribution in [-0.4, -0.2) is 22.2 Å². The third kappa shape index (κ3) is 3.75. The van der Waals surface area contributed by atoms with Crippen LogP contribution in [0.3, 0.4) is 0 Å². The first-order valence-electron chi connectivity index (χ1n) is 8.06. The average Bonchev–Trinajstić information content (AvgIpc) is 2.89. The van der Waals surface area contributed by atoms with Crippen LogP contribution < -0.4 is 5.32 Å². The Labute approximate surface area is 131 Å². The van der Waals surface area contributed by atoms with Crippen LogP contribution in [0.25, 0.3) is 0 Å². The molecule has 0 fully saturated rings. The number of hydrogen-bond acceptors (Lipinski definition) is 2. The summed E-state index contributed by atoms with van der Waals surface area (Å²) in [7, 11) is 0. The van der Waals surface area contributed by atoms with Crippen molar-refractivity contribution in [3.8, 4) is 0 Å². The predicted molar refractivity (Wildman–Crippen MR) is 86.6 cm³/mol. The topological polar surface area (TPSA) is 46.9 Å². The number of carbonyl (C=O) groups excluding carboxylic acids is 1. The number of rotatable bonds is 5. The van der Waals surface area contributed by atoms with Crippen molar-refractivity contribution in [1.82, 2.24) is 15.1 Å². The van der Waals surface area contributed by atoms with Crippen LogP contribution >= 0.6 is 0 Å². The Morgan fingerprint density at radius 2 is 2.18 bits per heavy atom. The lowest BCUT2D eigenvalue weighted by molar-refractivity contribution is -0.121. The molecule has 1 aliphatic carbocycles. The average molecular weight is 297 g/mol. The number of benzene rings is 1. The van der Waals surface area contributed by atoms with Crippen molar-refractivity contribution in [2.24, 2.45) is 5.92 Å². The second-order valence-electron chi connectivity index (χ2n) is 6.23. The summed E-state index contributed by atoms with van der Waals surface area (Å²) in [5.74, 6) is 0.758. The van der Waals surface area contributed by atoms with E-state index in [4.69, 9.17) is 0 Å². The van der Waals surface area contributed by atoms with Crippen LogP contribution in [0.4, 0.5) is 0 Å². The molecule has 22 heavy (non-hydrogen) atoms. The van der Waals surface area contributed by atoms with Gasteiger partial charge >= 0.3 is 0 Å². The Balaban J connectivity index is 1.48. The van der Waals surface area contributed by atoms with Gasteiger partial charge < -0.3 is 5.32 Å². The summed E-state index contributed by atoms with van der Waals surface area (Å²) in [6.07, 6.45) is 6.23. The van der Waals surface area contributed by atoms with Gasteiger partial charge in [-0.05, 0) is 42.7 Å². The maximum absolute atomic E-state index is 12.0. The Bertz CT molecular complexity index is 633. The molecule has 1 N–H and O–H groups in total. The van der Waals surface area contributed by atoms with Gasteiger partial charge in [0.2, 0.25) is 5.91 Å².